The largest absolute Gasteiger partial charge is 0.465 e. The van der Waals surface area contributed by atoms with Crippen molar-refractivity contribution in [1.29, 1.82) is 0 Å². The molecule has 0 aliphatic carbocycles. The van der Waals surface area contributed by atoms with Gasteiger partial charge in [-0.15, -0.1) is 0 Å². The molecule has 0 amide bonds. The van der Waals surface area contributed by atoms with E-state index in [4.69, 9.17) is 9.25 Å². The van der Waals surface area contributed by atoms with Crippen LogP contribution in [0.3, 0.4) is 0 Å². The molecule has 4 nitrogen and oxygen atoms in total. The Bertz CT molecular complexity index is 681. The Morgan fingerprint density at radius 2 is 2.00 bits per heavy atom. The molecule has 0 N–H and O–H groups in total. The van der Waals surface area contributed by atoms with Gasteiger partial charge in [-0.05, 0) is 30.7 Å². The highest BCUT2D eigenvalue weighted by molar-refractivity contribution is 6.31. The van der Waals surface area contributed by atoms with Gasteiger partial charge in [-0.1, -0.05) is 29.4 Å². The smallest absolute Gasteiger partial charge is 0.368 e. The first-order valence-corrected chi connectivity index (χ1v) is 5.86. The molecule has 1 aliphatic heterocycles. The number of hydrogen-bond acceptors (Lipinski definition) is 4. The van der Waals surface area contributed by atoms with E-state index in [1.807, 2.05) is 31.2 Å². The quantitative estimate of drug-likeness (QED) is 0.610. The van der Waals surface area contributed by atoms with Gasteiger partial charge in [0.15, 0.2) is 0 Å². The van der Waals surface area contributed by atoms with Crippen molar-refractivity contribution in [3.8, 4) is 0 Å². The third-order valence-electron chi connectivity index (χ3n) is 2.92. The number of nitrogens with zero attached hydrogens (tertiary/aromatic N) is 1. The molecule has 0 saturated carbocycles. The second-order valence-electron chi connectivity index (χ2n) is 4.21. The van der Waals surface area contributed by atoms with E-state index in [9.17, 15) is 4.79 Å². The summed E-state index contributed by atoms with van der Waals surface area (Å²) in [4.78, 5) is 16.5. The second-order valence-corrected chi connectivity index (χ2v) is 4.21. The third kappa shape index (κ3) is 2.08. The number of aryl methyl sites for hydroxylation is 1. The Balaban J connectivity index is 2.07. The maximum Gasteiger partial charge on any atom is 0.368 e. The van der Waals surface area contributed by atoms with E-state index in [1.54, 1.807) is 24.5 Å². The molecule has 3 rings (SSSR count). The number of oxime groups is 1. The van der Waals surface area contributed by atoms with Gasteiger partial charge in [0.1, 0.15) is 11.5 Å². The van der Waals surface area contributed by atoms with Gasteiger partial charge in [0.05, 0.1) is 11.8 Å². The molecule has 0 saturated heterocycles. The van der Waals surface area contributed by atoms with Crippen molar-refractivity contribution in [2.45, 2.75) is 6.92 Å². The normalized spacial score (nSPS) is 16.6. The number of carbonyl (C=O) groups is 1. The highest BCUT2D eigenvalue weighted by atomic mass is 16.7. The molecule has 2 aromatic rings. The summed E-state index contributed by atoms with van der Waals surface area (Å²) in [6, 6.07) is 11.2. The van der Waals surface area contributed by atoms with Crippen molar-refractivity contribution < 1.29 is 14.0 Å². The molecule has 1 aromatic carbocycles. The van der Waals surface area contributed by atoms with Gasteiger partial charge in [0.25, 0.3) is 0 Å². The van der Waals surface area contributed by atoms with Crippen LogP contribution < -0.4 is 0 Å². The van der Waals surface area contributed by atoms with Gasteiger partial charge in [0.2, 0.25) is 0 Å². The fourth-order valence-electron chi connectivity index (χ4n) is 1.96. The lowest BCUT2D eigenvalue weighted by atomic mass is 9.98. The average Bonchev–Trinajstić information content (AvgIpc) is 3.03. The van der Waals surface area contributed by atoms with Crippen LogP contribution in [0.15, 0.2) is 57.8 Å². The minimum Gasteiger partial charge on any atom is -0.465 e. The molecule has 0 spiro atoms. The summed E-state index contributed by atoms with van der Waals surface area (Å²) in [5.74, 6) is 0.129. The van der Waals surface area contributed by atoms with E-state index in [-0.39, 0.29) is 0 Å². The van der Waals surface area contributed by atoms with Crippen molar-refractivity contribution in [3.05, 3.63) is 65.1 Å². The summed E-state index contributed by atoms with van der Waals surface area (Å²) in [5, 5.41) is 3.87. The Morgan fingerprint density at radius 3 is 2.74 bits per heavy atom. The molecule has 1 aliphatic rings. The molecule has 2 heterocycles. The third-order valence-corrected chi connectivity index (χ3v) is 2.92. The SMILES string of the molecule is Cc1ccccc1C1=NOC(=O)/C1=C\c1ccco1. The maximum absolute atomic E-state index is 11.7. The first kappa shape index (κ1) is 11.5. The lowest BCUT2D eigenvalue weighted by Crippen LogP contribution is -2.08. The van der Waals surface area contributed by atoms with Crippen LogP contribution in [-0.2, 0) is 9.63 Å². The molecular weight excluding hydrogens is 242 g/mol. The molecule has 0 unspecified atom stereocenters. The Labute approximate surface area is 110 Å². The fourth-order valence-corrected chi connectivity index (χ4v) is 1.96. The van der Waals surface area contributed by atoms with Crippen LogP contribution in [0.5, 0.6) is 0 Å². The van der Waals surface area contributed by atoms with Crippen LogP contribution >= 0.6 is 0 Å². The van der Waals surface area contributed by atoms with Crippen LogP contribution in [0.25, 0.3) is 6.08 Å². The molecule has 19 heavy (non-hydrogen) atoms. The molecular formula is C15H11NO3. The van der Waals surface area contributed by atoms with Crippen LogP contribution in [0.1, 0.15) is 16.9 Å². The van der Waals surface area contributed by atoms with E-state index < -0.39 is 5.97 Å². The summed E-state index contributed by atoms with van der Waals surface area (Å²) in [6.45, 7) is 1.96. The van der Waals surface area contributed by atoms with Crippen molar-refractivity contribution in [3.63, 3.8) is 0 Å². The van der Waals surface area contributed by atoms with Gasteiger partial charge < -0.3 is 9.25 Å². The second kappa shape index (κ2) is 4.57. The minimum absolute atomic E-state index is 0.407. The zero-order valence-electron chi connectivity index (χ0n) is 10.3. The number of carbonyl (C=O) groups excluding carboxylic acids is 1. The standard InChI is InChI=1S/C15H11NO3/c1-10-5-2-3-7-12(10)14-13(15(17)19-16-14)9-11-6-4-8-18-11/h2-9H,1H3/b13-9-. The van der Waals surface area contributed by atoms with Crippen molar-refractivity contribution in [2.24, 2.45) is 5.16 Å². The number of benzene rings is 1. The summed E-state index contributed by atoms with van der Waals surface area (Å²) >= 11 is 0. The first-order chi connectivity index (χ1) is 9.25. The molecule has 94 valence electrons. The van der Waals surface area contributed by atoms with Gasteiger partial charge in [0, 0.05) is 5.56 Å². The predicted octanol–water partition coefficient (Wildman–Crippen LogP) is 2.93. The Hall–Kier alpha value is -2.62. The highest BCUT2D eigenvalue weighted by Gasteiger charge is 2.27. The Morgan fingerprint density at radius 1 is 1.16 bits per heavy atom. The monoisotopic (exact) mass is 253 g/mol. The molecule has 0 atom stereocenters. The zero-order chi connectivity index (χ0) is 13.2. The lowest BCUT2D eigenvalue weighted by molar-refractivity contribution is -0.136. The van der Waals surface area contributed by atoms with Gasteiger partial charge in [-0.25, -0.2) is 4.79 Å². The maximum atomic E-state index is 11.7. The summed E-state index contributed by atoms with van der Waals surface area (Å²) < 4.78 is 5.22. The average molecular weight is 253 g/mol. The summed E-state index contributed by atoms with van der Waals surface area (Å²) in [6.07, 6.45) is 3.19. The van der Waals surface area contributed by atoms with Gasteiger partial charge in [-0.3, -0.25) is 0 Å². The topological polar surface area (TPSA) is 51.8 Å². The van der Waals surface area contributed by atoms with Crippen molar-refractivity contribution in [1.82, 2.24) is 0 Å². The summed E-state index contributed by atoms with van der Waals surface area (Å²) in [7, 11) is 0. The molecule has 0 radical (unpaired) electrons. The van der Waals surface area contributed by atoms with Gasteiger partial charge >= 0.3 is 5.97 Å². The lowest BCUT2D eigenvalue weighted by Gasteiger charge is -2.03. The van der Waals surface area contributed by atoms with Crippen molar-refractivity contribution in [2.75, 3.05) is 0 Å². The van der Waals surface area contributed by atoms with Crippen LogP contribution in [-0.4, -0.2) is 11.7 Å². The number of furan rings is 1. The Kier molecular flexibility index (Phi) is 2.76. The fraction of sp³-hybridized carbons (Fsp3) is 0.0667. The first-order valence-electron chi connectivity index (χ1n) is 5.86. The van der Waals surface area contributed by atoms with Crippen LogP contribution in [0.4, 0.5) is 0 Å². The van der Waals surface area contributed by atoms with Crippen molar-refractivity contribution >= 4 is 17.8 Å². The highest BCUT2D eigenvalue weighted by Crippen LogP contribution is 2.22. The number of rotatable bonds is 2. The zero-order valence-corrected chi connectivity index (χ0v) is 10.3. The van der Waals surface area contributed by atoms with E-state index >= 15 is 0 Å². The van der Waals surface area contributed by atoms with Crippen LogP contribution in [0.2, 0.25) is 0 Å². The minimum atomic E-state index is -0.463. The molecule has 1 aromatic heterocycles. The molecule has 0 bridgehead atoms. The number of hydrogen-bond donors (Lipinski definition) is 0. The molecule has 0 fully saturated rings. The van der Waals surface area contributed by atoms with E-state index in [2.05, 4.69) is 5.16 Å². The van der Waals surface area contributed by atoms with E-state index in [0.29, 0.717) is 17.0 Å². The summed E-state index contributed by atoms with van der Waals surface area (Å²) in [5.41, 5.74) is 2.86. The van der Waals surface area contributed by atoms with E-state index in [1.165, 1.54) is 0 Å². The van der Waals surface area contributed by atoms with Crippen LogP contribution in [0, 0.1) is 6.92 Å². The van der Waals surface area contributed by atoms with Gasteiger partial charge in [-0.2, -0.15) is 0 Å². The van der Waals surface area contributed by atoms with E-state index in [0.717, 1.165) is 11.1 Å². The predicted molar refractivity (Wildman–Crippen MR) is 70.5 cm³/mol. The molecule has 4 heteroatoms.